The minimum Gasteiger partial charge on any atom is -0.153 e. The van der Waals surface area contributed by atoms with Gasteiger partial charge in [-0.15, -0.1) is 0 Å². The van der Waals surface area contributed by atoms with E-state index in [1.54, 1.807) is 0 Å². The van der Waals surface area contributed by atoms with Crippen molar-refractivity contribution in [3.05, 3.63) is 54.0 Å². The van der Waals surface area contributed by atoms with Crippen LogP contribution in [0, 0.1) is 6.42 Å². The highest BCUT2D eigenvalue weighted by Gasteiger charge is 2.13. The quantitative estimate of drug-likeness (QED) is 0.631. The van der Waals surface area contributed by atoms with Crippen molar-refractivity contribution in [2.24, 2.45) is 0 Å². The Morgan fingerprint density at radius 3 is 2.92 bits per heavy atom. The third-order valence-electron chi connectivity index (χ3n) is 2.12. The number of allylic oxidation sites excluding steroid dienone is 1. The van der Waals surface area contributed by atoms with E-state index in [0.717, 1.165) is 0 Å². The topological polar surface area (TPSA) is 0 Å². The number of thioether (sulfide) groups is 1. The normalized spacial score (nSPS) is 20.6. The summed E-state index contributed by atoms with van der Waals surface area (Å²) in [7, 11) is 0. The fourth-order valence-corrected chi connectivity index (χ4v) is 2.21. The largest absolute Gasteiger partial charge is 0.153 e. The summed E-state index contributed by atoms with van der Waals surface area (Å²) < 4.78 is 0. The van der Waals surface area contributed by atoms with Crippen LogP contribution < -0.4 is 0 Å². The van der Waals surface area contributed by atoms with Gasteiger partial charge in [0.05, 0.1) is 0 Å². The SMILES string of the molecule is CSC1C=C[CH]c2ccccc21. The second-order valence-corrected chi connectivity index (χ2v) is 3.82. The molecule has 0 bridgehead atoms. The van der Waals surface area contributed by atoms with Gasteiger partial charge in [0.15, 0.2) is 0 Å². The standard InChI is InChI=1S/C11H11S/c1-12-11-8-4-6-9-5-2-3-7-10(9)11/h2-8,11H,1H3. The van der Waals surface area contributed by atoms with Gasteiger partial charge in [-0.3, -0.25) is 0 Å². The van der Waals surface area contributed by atoms with Gasteiger partial charge in [-0.2, -0.15) is 11.8 Å². The van der Waals surface area contributed by atoms with Gasteiger partial charge in [0, 0.05) is 11.7 Å². The zero-order valence-electron chi connectivity index (χ0n) is 7.03. The lowest BCUT2D eigenvalue weighted by Crippen LogP contribution is -1.99. The summed E-state index contributed by atoms with van der Waals surface area (Å²) in [4.78, 5) is 0. The van der Waals surface area contributed by atoms with Crippen molar-refractivity contribution in [3.63, 3.8) is 0 Å². The monoisotopic (exact) mass is 175 g/mol. The molecule has 1 aromatic carbocycles. The molecule has 1 radical (unpaired) electrons. The van der Waals surface area contributed by atoms with E-state index in [1.165, 1.54) is 11.1 Å². The molecule has 1 aliphatic carbocycles. The van der Waals surface area contributed by atoms with Gasteiger partial charge >= 0.3 is 0 Å². The molecule has 1 aliphatic rings. The minimum atomic E-state index is 0.547. The van der Waals surface area contributed by atoms with E-state index in [-0.39, 0.29) is 0 Å². The van der Waals surface area contributed by atoms with Gasteiger partial charge in [-0.25, -0.2) is 0 Å². The number of hydrogen-bond donors (Lipinski definition) is 0. The van der Waals surface area contributed by atoms with Crippen LogP contribution in [-0.4, -0.2) is 6.26 Å². The van der Waals surface area contributed by atoms with Crippen LogP contribution in [0.25, 0.3) is 0 Å². The van der Waals surface area contributed by atoms with E-state index in [2.05, 4.69) is 49.1 Å². The molecule has 1 unspecified atom stereocenters. The third kappa shape index (κ3) is 1.29. The summed E-state index contributed by atoms with van der Waals surface area (Å²) in [5.74, 6) is 0. The number of hydrogen-bond acceptors (Lipinski definition) is 1. The van der Waals surface area contributed by atoms with Gasteiger partial charge in [0.25, 0.3) is 0 Å². The highest BCUT2D eigenvalue weighted by atomic mass is 32.2. The van der Waals surface area contributed by atoms with Crippen LogP contribution in [0.15, 0.2) is 36.4 Å². The molecule has 0 N–H and O–H groups in total. The summed E-state index contributed by atoms with van der Waals surface area (Å²) >= 11 is 1.88. The summed E-state index contributed by atoms with van der Waals surface area (Å²) in [6.07, 6.45) is 8.70. The molecule has 0 heterocycles. The first-order chi connectivity index (χ1) is 5.92. The van der Waals surface area contributed by atoms with E-state index < -0.39 is 0 Å². The molecule has 61 valence electrons. The van der Waals surface area contributed by atoms with Crippen LogP contribution in [0.4, 0.5) is 0 Å². The first kappa shape index (κ1) is 7.93. The second kappa shape index (κ2) is 3.36. The Morgan fingerprint density at radius 2 is 2.08 bits per heavy atom. The predicted octanol–water partition coefficient (Wildman–Crippen LogP) is 3.21. The molecule has 0 spiro atoms. The molecule has 0 saturated carbocycles. The van der Waals surface area contributed by atoms with Crippen LogP contribution >= 0.6 is 11.8 Å². The molecule has 12 heavy (non-hydrogen) atoms. The first-order valence-corrected chi connectivity index (χ1v) is 5.34. The second-order valence-electron chi connectivity index (χ2n) is 2.84. The minimum absolute atomic E-state index is 0.547. The van der Waals surface area contributed by atoms with E-state index in [1.807, 2.05) is 11.8 Å². The van der Waals surface area contributed by atoms with Crippen molar-refractivity contribution in [2.75, 3.05) is 6.26 Å². The van der Waals surface area contributed by atoms with Gasteiger partial charge in [-0.1, -0.05) is 36.4 Å². The number of fused-ring (bicyclic) bond motifs is 1. The summed E-state index contributed by atoms with van der Waals surface area (Å²) in [5, 5.41) is 0.547. The van der Waals surface area contributed by atoms with Crippen molar-refractivity contribution in [3.8, 4) is 0 Å². The molecule has 0 aliphatic heterocycles. The van der Waals surface area contributed by atoms with Crippen LogP contribution in [0.1, 0.15) is 16.4 Å². The van der Waals surface area contributed by atoms with E-state index in [0.29, 0.717) is 5.25 Å². The van der Waals surface area contributed by atoms with E-state index >= 15 is 0 Å². The maximum atomic E-state index is 2.24. The Balaban J connectivity index is 2.43. The molecule has 0 fully saturated rings. The third-order valence-corrected chi connectivity index (χ3v) is 3.04. The average molecular weight is 175 g/mol. The molecular formula is C11H11S. The van der Waals surface area contributed by atoms with Crippen LogP contribution in [0.5, 0.6) is 0 Å². The Labute approximate surface area is 77.7 Å². The van der Waals surface area contributed by atoms with Crippen molar-refractivity contribution < 1.29 is 0 Å². The average Bonchev–Trinajstić information content (AvgIpc) is 2.17. The maximum Gasteiger partial charge on any atom is 0.0477 e. The molecular weight excluding hydrogens is 164 g/mol. The summed E-state index contributed by atoms with van der Waals surface area (Å²) in [6.45, 7) is 0. The zero-order valence-corrected chi connectivity index (χ0v) is 7.84. The van der Waals surface area contributed by atoms with E-state index in [9.17, 15) is 0 Å². The van der Waals surface area contributed by atoms with Gasteiger partial charge in [0.1, 0.15) is 0 Å². The Bertz CT molecular complexity index is 302. The lowest BCUT2D eigenvalue weighted by molar-refractivity contribution is 1.16. The van der Waals surface area contributed by atoms with Crippen molar-refractivity contribution in [1.29, 1.82) is 0 Å². The fourth-order valence-electron chi connectivity index (χ4n) is 1.49. The summed E-state index contributed by atoms with van der Waals surface area (Å²) in [5.41, 5.74) is 2.80. The molecule has 0 nitrogen and oxygen atoms in total. The number of rotatable bonds is 1. The fraction of sp³-hybridized carbons (Fsp3) is 0.182. The maximum absolute atomic E-state index is 2.24. The van der Waals surface area contributed by atoms with Crippen LogP contribution in [0.3, 0.4) is 0 Å². The lowest BCUT2D eigenvalue weighted by atomic mass is 9.97. The van der Waals surface area contributed by atoms with Crippen LogP contribution in [-0.2, 0) is 0 Å². The highest BCUT2D eigenvalue weighted by Crippen LogP contribution is 2.34. The van der Waals surface area contributed by atoms with Crippen molar-refractivity contribution in [1.82, 2.24) is 0 Å². The van der Waals surface area contributed by atoms with Gasteiger partial charge in [0.2, 0.25) is 0 Å². The molecule has 1 heteroatoms. The molecule has 1 atom stereocenters. The molecule has 0 amide bonds. The highest BCUT2D eigenvalue weighted by molar-refractivity contribution is 7.99. The predicted molar refractivity (Wildman–Crippen MR) is 55.2 cm³/mol. The zero-order chi connectivity index (χ0) is 8.39. The smallest absolute Gasteiger partial charge is 0.0477 e. The molecule has 1 aromatic rings. The van der Waals surface area contributed by atoms with Crippen molar-refractivity contribution >= 4 is 11.8 Å². The Morgan fingerprint density at radius 1 is 1.25 bits per heavy atom. The van der Waals surface area contributed by atoms with Crippen molar-refractivity contribution in [2.45, 2.75) is 5.25 Å². The number of benzene rings is 1. The van der Waals surface area contributed by atoms with E-state index in [4.69, 9.17) is 0 Å². The molecule has 2 rings (SSSR count). The van der Waals surface area contributed by atoms with Gasteiger partial charge < -0.3 is 0 Å². The summed E-state index contributed by atoms with van der Waals surface area (Å²) in [6, 6.07) is 8.57. The molecule has 0 aromatic heterocycles. The first-order valence-electron chi connectivity index (χ1n) is 4.05. The molecule has 0 saturated heterocycles. The lowest BCUT2D eigenvalue weighted by Gasteiger charge is -2.18. The Hall–Kier alpha value is -0.690. The Kier molecular flexibility index (Phi) is 2.22. The van der Waals surface area contributed by atoms with Crippen LogP contribution in [0.2, 0.25) is 0 Å². The van der Waals surface area contributed by atoms with Gasteiger partial charge in [-0.05, 0) is 17.4 Å².